The third-order valence-corrected chi connectivity index (χ3v) is 2.48. The van der Waals surface area contributed by atoms with Crippen molar-refractivity contribution >= 4 is 23.3 Å². The van der Waals surface area contributed by atoms with Crippen molar-refractivity contribution in [2.75, 3.05) is 17.6 Å². The van der Waals surface area contributed by atoms with Crippen molar-refractivity contribution in [1.82, 2.24) is 5.32 Å². The number of carboxylic acids is 1. The molecule has 0 heterocycles. The van der Waals surface area contributed by atoms with Crippen LogP contribution in [0.25, 0.3) is 0 Å². The quantitative estimate of drug-likeness (QED) is 0.614. The lowest BCUT2D eigenvalue weighted by Crippen LogP contribution is -2.41. The van der Waals surface area contributed by atoms with Crippen molar-refractivity contribution in [3.63, 3.8) is 0 Å². The van der Waals surface area contributed by atoms with Gasteiger partial charge in [0.25, 0.3) is 0 Å². The zero-order valence-corrected chi connectivity index (χ0v) is 12.0. The second kappa shape index (κ2) is 6.27. The van der Waals surface area contributed by atoms with Gasteiger partial charge in [-0.2, -0.15) is 0 Å². The lowest BCUT2D eigenvalue weighted by molar-refractivity contribution is -0.122. The molecule has 0 radical (unpaired) electrons. The molecule has 1 rings (SSSR count). The van der Waals surface area contributed by atoms with Crippen LogP contribution in [0.2, 0.25) is 0 Å². The predicted molar refractivity (Wildman–Crippen MR) is 78.8 cm³/mol. The number of carbonyl (C=O) groups excluding carboxylic acids is 1. The Kier molecular flexibility index (Phi) is 4.96. The molecule has 0 aliphatic heterocycles. The minimum Gasteiger partial charge on any atom is -0.478 e. The van der Waals surface area contributed by atoms with E-state index in [9.17, 15) is 9.59 Å². The van der Waals surface area contributed by atoms with E-state index in [0.29, 0.717) is 18.7 Å². The van der Waals surface area contributed by atoms with E-state index in [0.717, 1.165) is 0 Å². The Labute approximate surface area is 118 Å². The highest BCUT2D eigenvalue weighted by Crippen LogP contribution is 2.17. The third kappa shape index (κ3) is 5.17. The van der Waals surface area contributed by atoms with E-state index in [1.54, 1.807) is 12.1 Å². The van der Waals surface area contributed by atoms with Gasteiger partial charge in [0.1, 0.15) is 0 Å². The van der Waals surface area contributed by atoms with Gasteiger partial charge in [-0.15, -0.1) is 0 Å². The monoisotopic (exact) mass is 279 g/mol. The highest BCUT2D eigenvalue weighted by molar-refractivity contribution is 5.94. The molecule has 0 aromatic heterocycles. The van der Waals surface area contributed by atoms with Gasteiger partial charge in [-0.3, -0.25) is 4.79 Å². The number of carbonyl (C=O) groups is 2. The van der Waals surface area contributed by atoms with Gasteiger partial charge in [0.05, 0.1) is 5.56 Å². The van der Waals surface area contributed by atoms with Crippen LogP contribution in [-0.4, -0.2) is 29.1 Å². The first-order chi connectivity index (χ1) is 9.19. The summed E-state index contributed by atoms with van der Waals surface area (Å²) >= 11 is 0. The smallest absolute Gasteiger partial charge is 0.337 e. The Hall–Kier alpha value is -2.24. The summed E-state index contributed by atoms with van der Waals surface area (Å²) in [6.45, 7) is 6.21. The molecule has 6 heteroatoms. The molecule has 0 aliphatic carbocycles. The Bertz CT molecular complexity index is 507. The Morgan fingerprint density at radius 1 is 1.30 bits per heavy atom. The first-order valence-corrected chi connectivity index (χ1v) is 6.37. The molecule has 5 N–H and O–H groups in total. The second-order valence-corrected chi connectivity index (χ2v) is 5.58. The van der Waals surface area contributed by atoms with E-state index in [2.05, 4.69) is 10.6 Å². The van der Waals surface area contributed by atoms with Crippen LogP contribution in [0.3, 0.4) is 0 Å². The maximum Gasteiger partial charge on any atom is 0.337 e. The number of nitrogens with one attached hydrogen (secondary N) is 2. The molecule has 1 amide bonds. The Balaban J connectivity index is 2.49. The first kappa shape index (κ1) is 15.8. The number of hydrogen-bond donors (Lipinski definition) is 4. The van der Waals surface area contributed by atoms with Crippen LogP contribution in [0.1, 0.15) is 37.6 Å². The van der Waals surface area contributed by atoms with E-state index in [-0.39, 0.29) is 22.7 Å². The lowest BCUT2D eigenvalue weighted by Gasteiger charge is -2.20. The number of carboxylic acid groups (broad SMARTS) is 1. The molecule has 0 bridgehead atoms. The van der Waals surface area contributed by atoms with Crippen molar-refractivity contribution < 1.29 is 14.7 Å². The van der Waals surface area contributed by atoms with Crippen LogP contribution in [0.15, 0.2) is 18.2 Å². The van der Waals surface area contributed by atoms with Crippen LogP contribution in [0, 0.1) is 0 Å². The predicted octanol–water partition coefficient (Wildman–Crippen LogP) is 1.68. The molecule has 0 unspecified atom stereocenters. The molecule has 0 fully saturated rings. The Morgan fingerprint density at radius 2 is 1.95 bits per heavy atom. The van der Waals surface area contributed by atoms with Gasteiger partial charge < -0.3 is 21.5 Å². The normalized spacial score (nSPS) is 10.9. The minimum atomic E-state index is -1.06. The number of rotatable bonds is 5. The molecule has 0 spiro atoms. The molecule has 110 valence electrons. The van der Waals surface area contributed by atoms with Crippen LogP contribution in [0.4, 0.5) is 11.4 Å². The summed E-state index contributed by atoms with van der Waals surface area (Å²) in [5.41, 5.74) is 6.35. The van der Waals surface area contributed by atoms with Crippen molar-refractivity contribution in [2.45, 2.75) is 32.7 Å². The van der Waals surface area contributed by atoms with Crippen molar-refractivity contribution in [1.29, 1.82) is 0 Å². The first-order valence-electron chi connectivity index (χ1n) is 6.37. The van der Waals surface area contributed by atoms with Crippen molar-refractivity contribution in [2.24, 2.45) is 0 Å². The van der Waals surface area contributed by atoms with E-state index >= 15 is 0 Å². The third-order valence-electron chi connectivity index (χ3n) is 2.48. The maximum absolute atomic E-state index is 11.6. The number of amides is 1. The summed E-state index contributed by atoms with van der Waals surface area (Å²) in [6, 6.07) is 4.61. The maximum atomic E-state index is 11.6. The van der Waals surface area contributed by atoms with Crippen LogP contribution in [0.5, 0.6) is 0 Å². The largest absolute Gasteiger partial charge is 0.478 e. The summed E-state index contributed by atoms with van der Waals surface area (Å²) in [6.07, 6.45) is 0.331. The molecule has 0 saturated carbocycles. The van der Waals surface area contributed by atoms with Gasteiger partial charge in [0, 0.05) is 29.9 Å². The zero-order valence-electron chi connectivity index (χ0n) is 12.0. The number of anilines is 2. The van der Waals surface area contributed by atoms with Crippen molar-refractivity contribution in [3.8, 4) is 0 Å². The van der Waals surface area contributed by atoms with Crippen molar-refractivity contribution in [3.05, 3.63) is 23.8 Å². The lowest BCUT2D eigenvalue weighted by atomic mass is 10.1. The van der Waals surface area contributed by atoms with Gasteiger partial charge in [0.15, 0.2) is 0 Å². The van der Waals surface area contributed by atoms with Crippen LogP contribution < -0.4 is 16.4 Å². The average Bonchev–Trinajstić information content (AvgIpc) is 2.25. The van der Waals surface area contributed by atoms with Gasteiger partial charge >= 0.3 is 5.97 Å². The van der Waals surface area contributed by atoms with Crippen LogP contribution >= 0.6 is 0 Å². The number of benzene rings is 1. The SMILES string of the molecule is CC(C)(C)NC(=O)CCNc1ccc(C(=O)O)c(N)c1. The summed E-state index contributed by atoms with van der Waals surface area (Å²) < 4.78 is 0. The van der Waals surface area contributed by atoms with E-state index < -0.39 is 5.97 Å². The summed E-state index contributed by atoms with van der Waals surface area (Å²) in [5, 5.41) is 14.8. The average molecular weight is 279 g/mol. The van der Waals surface area contributed by atoms with E-state index in [4.69, 9.17) is 10.8 Å². The fourth-order valence-electron chi connectivity index (χ4n) is 1.67. The molecule has 1 aromatic rings. The van der Waals surface area contributed by atoms with E-state index in [1.165, 1.54) is 6.07 Å². The number of aromatic carboxylic acids is 1. The molecule has 6 nitrogen and oxygen atoms in total. The Morgan fingerprint density at radius 3 is 2.45 bits per heavy atom. The zero-order chi connectivity index (χ0) is 15.3. The van der Waals surface area contributed by atoms with Gasteiger partial charge in [-0.25, -0.2) is 4.79 Å². The highest BCUT2D eigenvalue weighted by atomic mass is 16.4. The van der Waals surface area contributed by atoms with Gasteiger partial charge in [0.2, 0.25) is 5.91 Å². The molecular formula is C14H21N3O3. The summed E-state index contributed by atoms with van der Waals surface area (Å²) in [4.78, 5) is 22.4. The molecule has 1 aromatic carbocycles. The fourth-order valence-corrected chi connectivity index (χ4v) is 1.67. The number of nitrogen functional groups attached to an aromatic ring is 1. The number of nitrogens with two attached hydrogens (primary N) is 1. The summed E-state index contributed by atoms with van der Waals surface area (Å²) in [5.74, 6) is -1.10. The second-order valence-electron chi connectivity index (χ2n) is 5.58. The molecule has 0 aliphatic rings. The molecule has 20 heavy (non-hydrogen) atoms. The molecule has 0 saturated heterocycles. The standard InChI is InChI=1S/C14H21N3O3/c1-14(2,3)17-12(18)6-7-16-9-4-5-10(13(19)20)11(15)8-9/h4-5,8,16H,6-7,15H2,1-3H3,(H,17,18)(H,19,20). The van der Waals surface area contributed by atoms with E-state index in [1.807, 2.05) is 20.8 Å². The molecule has 0 atom stereocenters. The van der Waals surface area contributed by atoms with Crippen LogP contribution in [-0.2, 0) is 4.79 Å². The topological polar surface area (TPSA) is 104 Å². The van der Waals surface area contributed by atoms with Gasteiger partial charge in [-0.1, -0.05) is 0 Å². The highest BCUT2D eigenvalue weighted by Gasteiger charge is 2.13. The summed E-state index contributed by atoms with van der Waals surface area (Å²) in [7, 11) is 0. The molecular weight excluding hydrogens is 258 g/mol. The van der Waals surface area contributed by atoms with Gasteiger partial charge in [-0.05, 0) is 39.0 Å². The number of hydrogen-bond acceptors (Lipinski definition) is 4. The minimum absolute atomic E-state index is 0.0415. The fraction of sp³-hybridized carbons (Fsp3) is 0.429.